The molecule has 3 heteroatoms. The van der Waals surface area contributed by atoms with Crippen molar-refractivity contribution >= 4 is 11.3 Å². The van der Waals surface area contributed by atoms with Crippen LogP contribution in [0.15, 0.2) is 36.4 Å². The van der Waals surface area contributed by atoms with Crippen LogP contribution < -0.4 is 5.32 Å². The molecule has 0 amide bonds. The van der Waals surface area contributed by atoms with Gasteiger partial charge in [-0.25, -0.2) is 0 Å². The summed E-state index contributed by atoms with van der Waals surface area (Å²) >= 11 is 1.90. The molecule has 0 spiro atoms. The molecule has 20 heavy (non-hydrogen) atoms. The van der Waals surface area contributed by atoms with E-state index in [0.717, 1.165) is 26.1 Å². The van der Waals surface area contributed by atoms with Gasteiger partial charge in [-0.15, -0.1) is 11.3 Å². The normalized spacial score (nSPS) is 10.9. The minimum atomic E-state index is 0.702. The Kier molecular flexibility index (Phi) is 6.25. The number of thiophene rings is 1. The summed E-state index contributed by atoms with van der Waals surface area (Å²) in [5.74, 6) is 0. The van der Waals surface area contributed by atoms with E-state index in [1.807, 2.05) is 18.3 Å². The van der Waals surface area contributed by atoms with Gasteiger partial charge in [0.1, 0.15) is 0 Å². The van der Waals surface area contributed by atoms with Gasteiger partial charge >= 0.3 is 0 Å². The molecule has 108 valence electrons. The predicted molar refractivity (Wildman–Crippen MR) is 86.0 cm³/mol. The molecule has 0 aliphatic heterocycles. The summed E-state index contributed by atoms with van der Waals surface area (Å²) < 4.78 is 5.52. The molecular weight excluding hydrogens is 266 g/mol. The summed E-state index contributed by atoms with van der Waals surface area (Å²) in [5, 5.41) is 3.53. The van der Waals surface area contributed by atoms with Crippen molar-refractivity contribution in [2.24, 2.45) is 0 Å². The van der Waals surface area contributed by atoms with Crippen molar-refractivity contribution in [3.63, 3.8) is 0 Å². The number of ether oxygens (including phenoxy) is 1. The van der Waals surface area contributed by atoms with E-state index in [2.05, 4.69) is 48.6 Å². The van der Waals surface area contributed by atoms with Gasteiger partial charge in [0, 0.05) is 29.5 Å². The lowest BCUT2D eigenvalue weighted by molar-refractivity contribution is 0.133. The predicted octanol–water partition coefficient (Wildman–Crippen LogP) is 4.14. The van der Waals surface area contributed by atoms with Crippen molar-refractivity contribution < 1.29 is 4.74 Å². The minimum absolute atomic E-state index is 0.702. The maximum absolute atomic E-state index is 5.52. The average Bonchev–Trinajstić information content (AvgIpc) is 2.94. The van der Waals surface area contributed by atoms with E-state index in [-0.39, 0.29) is 0 Å². The van der Waals surface area contributed by atoms with Gasteiger partial charge in [-0.1, -0.05) is 31.2 Å². The van der Waals surface area contributed by atoms with E-state index < -0.39 is 0 Å². The van der Waals surface area contributed by atoms with E-state index in [1.165, 1.54) is 20.9 Å². The molecule has 0 saturated carbocycles. The zero-order chi connectivity index (χ0) is 14.2. The van der Waals surface area contributed by atoms with Gasteiger partial charge in [0.25, 0.3) is 0 Å². The molecule has 1 aromatic heterocycles. The molecule has 2 nitrogen and oxygen atoms in total. The first-order valence-corrected chi connectivity index (χ1v) is 8.08. The van der Waals surface area contributed by atoms with Gasteiger partial charge in [-0.3, -0.25) is 0 Å². The van der Waals surface area contributed by atoms with Crippen molar-refractivity contribution in [3.8, 4) is 0 Å². The third-order valence-electron chi connectivity index (χ3n) is 3.26. The molecule has 0 aliphatic carbocycles. The summed E-state index contributed by atoms with van der Waals surface area (Å²) in [6.45, 7) is 7.52. The van der Waals surface area contributed by atoms with Crippen LogP contribution in [0.25, 0.3) is 0 Å². The molecule has 1 aromatic carbocycles. The van der Waals surface area contributed by atoms with Crippen LogP contribution >= 0.6 is 11.3 Å². The summed E-state index contributed by atoms with van der Waals surface area (Å²) in [7, 11) is 0. The van der Waals surface area contributed by atoms with Crippen LogP contribution in [0.2, 0.25) is 0 Å². The molecule has 1 N–H and O–H groups in total. The van der Waals surface area contributed by atoms with Crippen LogP contribution in [0.1, 0.15) is 34.7 Å². The highest BCUT2D eigenvalue weighted by Gasteiger charge is 2.02. The molecule has 0 aliphatic rings. The molecule has 0 unspecified atom stereocenters. The smallest absolute Gasteiger partial charge is 0.0719 e. The van der Waals surface area contributed by atoms with Crippen LogP contribution in [-0.2, 0) is 30.9 Å². The summed E-state index contributed by atoms with van der Waals surface area (Å²) in [6, 6.07) is 12.9. The largest absolute Gasteiger partial charge is 0.377 e. The molecular formula is C17H23NOS. The molecule has 0 atom stereocenters. The zero-order valence-corrected chi connectivity index (χ0v) is 13.1. The Balaban J connectivity index is 1.87. The van der Waals surface area contributed by atoms with Crippen molar-refractivity contribution in [2.45, 2.75) is 40.0 Å². The highest BCUT2D eigenvalue weighted by molar-refractivity contribution is 7.11. The van der Waals surface area contributed by atoms with E-state index in [4.69, 9.17) is 4.74 Å². The quantitative estimate of drug-likeness (QED) is 0.788. The highest BCUT2D eigenvalue weighted by atomic mass is 32.1. The molecule has 0 bridgehead atoms. The standard InChI is InChI=1S/C17H23NOS/c1-3-16-9-10-17(20-16)12-18-11-14-7-5-6-8-15(14)13-19-4-2/h5-10,18H,3-4,11-13H2,1-2H3. The van der Waals surface area contributed by atoms with Crippen LogP contribution in [-0.4, -0.2) is 6.61 Å². The summed E-state index contributed by atoms with van der Waals surface area (Å²) in [4.78, 5) is 2.86. The number of benzene rings is 1. The molecule has 0 saturated heterocycles. The van der Waals surface area contributed by atoms with Crippen LogP contribution in [0.5, 0.6) is 0 Å². The van der Waals surface area contributed by atoms with Crippen LogP contribution in [0.3, 0.4) is 0 Å². The van der Waals surface area contributed by atoms with E-state index in [1.54, 1.807) is 0 Å². The number of nitrogens with one attached hydrogen (secondary N) is 1. The van der Waals surface area contributed by atoms with E-state index in [9.17, 15) is 0 Å². The monoisotopic (exact) mass is 289 g/mol. The lowest BCUT2D eigenvalue weighted by Crippen LogP contribution is -2.13. The second-order valence-electron chi connectivity index (χ2n) is 4.73. The Bertz CT molecular complexity index is 521. The number of rotatable bonds is 8. The Morgan fingerprint density at radius 2 is 1.70 bits per heavy atom. The SMILES string of the molecule is CCOCc1ccccc1CNCc1ccc(CC)s1. The van der Waals surface area contributed by atoms with Crippen molar-refractivity contribution in [1.82, 2.24) is 5.32 Å². The minimum Gasteiger partial charge on any atom is -0.377 e. The highest BCUT2D eigenvalue weighted by Crippen LogP contribution is 2.17. The molecule has 2 aromatic rings. The summed E-state index contributed by atoms with van der Waals surface area (Å²) in [5.41, 5.74) is 2.61. The molecule has 1 heterocycles. The second kappa shape index (κ2) is 8.20. The zero-order valence-electron chi connectivity index (χ0n) is 12.3. The topological polar surface area (TPSA) is 21.3 Å². The molecule has 2 rings (SSSR count). The average molecular weight is 289 g/mol. The lowest BCUT2D eigenvalue weighted by Gasteiger charge is -2.10. The van der Waals surface area contributed by atoms with Gasteiger partial charge in [0.05, 0.1) is 6.61 Å². The van der Waals surface area contributed by atoms with E-state index >= 15 is 0 Å². The first kappa shape index (κ1) is 15.2. The molecule has 0 fully saturated rings. The van der Waals surface area contributed by atoms with Gasteiger partial charge in [0.15, 0.2) is 0 Å². The first-order valence-electron chi connectivity index (χ1n) is 7.26. The second-order valence-corrected chi connectivity index (χ2v) is 5.98. The van der Waals surface area contributed by atoms with Crippen LogP contribution in [0, 0.1) is 0 Å². The molecule has 0 radical (unpaired) electrons. The van der Waals surface area contributed by atoms with Gasteiger partial charge in [0.2, 0.25) is 0 Å². The number of aryl methyl sites for hydroxylation is 1. The lowest BCUT2D eigenvalue weighted by atomic mass is 10.1. The van der Waals surface area contributed by atoms with Crippen molar-refractivity contribution in [3.05, 3.63) is 57.3 Å². The maximum atomic E-state index is 5.52. The Labute approximate surface area is 125 Å². The number of hydrogen-bond acceptors (Lipinski definition) is 3. The fraction of sp³-hybridized carbons (Fsp3) is 0.412. The summed E-state index contributed by atoms with van der Waals surface area (Å²) in [6.07, 6.45) is 1.13. The number of hydrogen-bond donors (Lipinski definition) is 1. The fourth-order valence-corrected chi connectivity index (χ4v) is 3.04. The fourth-order valence-electron chi connectivity index (χ4n) is 2.11. The first-order chi connectivity index (χ1) is 9.83. The Morgan fingerprint density at radius 1 is 0.950 bits per heavy atom. The van der Waals surface area contributed by atoms with Gasteiger partial charge < -0.3 is 10.1 Å². The maximum Gasteiger partial charge on any atom is 0.0719 e. The van der Waals surface area contributed by atoms with Gasteiger partial charge in [-0.05, 0) is 36.6 Å². The van der Waals surface area contributed by atoms with Crippen LogP contribution in [0.4, 0.5) is 0 Å². The van der Waals surface area contributed by atoms with Gasteiger partial charge in [-0.2, -0.15) is 0 Å². The Hall–Kier alpha value is -1.16. The third kappa shape index (κ3) is 4.44. The Morgan fingerprint density at radius 3 is 2.40 bits per heavy atom. The van der Waals surface area contributed by atoms with E-state index in [0.29, 0.717) is 6.61 Å². The van der Waals surface area contributed by atoms with Crippen molar-refractivity contribution in [2.75, 3.05) is 6.61 Å². The van der Waals surface area contributed by atoms with Crippen molar-refractivity contribution in [1.29, 1.82) is 0 Å². The third-order valence-corrected chi connectivity index (χ3v) is 4.49.